The van der Waals surface area contributed by atoms with E-state index in [9.17, 15) is 9.18 Å². The molecule has 0 radical (unpaired) electrons. The Hall–Kier alpha value is -1.66. The molecule has 2 aromatic carbocycles. The number of anilines is 1. The fourth-order valence-electron chi connectivity index (χ4n) is 1.72. The number of halogens is 3. The van der Waals surface area contributed by atoms with E-state index in [-0.39, 0.29) is 5.69 Å². The van der Waals surface area contributed by atoms with Crippen LogP contribution in [-0.2, 0) is 4.79 Å². The molecule has 22 heavy (non-hydrogen) atoms. The van der Waals surface area contributed by atoms with Crippen molar-refractivity contribution < 1.29 is 13.9 Å². The second-order valence-electron chi connectivity index (χ2n) is 4.34. The lowest BCUT2D eigenvalue weighted by Gasteiger charge is -2.05. The highest BCUT2D eigenvalue weighted by molar-refractivity contribution is 9.10. The molecule has 0 unspecified atom stereocenters. The summed E-state index contributed by atoms with van der Waals surface area (Å²) in [4.78, 5) is 11.8. The molecule has 114 valence electrons. The third-order valence-electron chi connectivity index (χ3n) is 2.79. The maximum absolute atomic E-state index is 13.6. The first-order chi connectivity index (χ1) is 10.5. The standard InChI is InChI=1S/C16H12Br2FNO2/c1-22-15-6-2-10(8-12(15)18)3-7-16(21)20-14-5-4-11(17)9-13(14)19/h2-9H,1H3,(H,20,21)/b7-3+. The molecule has 0 aromatic heterocycles. The molecule has 2 aromatic rings. The van der Waals surface area contributed by atoms with Gasteiger partial charge in [0.15, 0.2) is 0 Å². The number of benzene rings is 2. The van der Waals surface area contributed by atoms with E-state index < -0.39 is 11.7 Å². The van der Waals surface area contributed by atoms with Crippen LogP contribution in [0.25, 0.3) is 6.08 Å². The number of carbonyl (C=O) groups excluding carboxylic acids is 1. The fraction of sp³-hybridized carbons (Fsp3) is 0.0625. The van der Waals surface area contributed by atoms with Gasteiger partial charge in [-0.2, -0.15) is 0 Å². The Balaban J connectivity index is 2.06. The molecule has 0 aliphatic rings. The van der Waals surface area contributed by atoms with Gasteiger partial charge in [0.25, 0.3) is 0 Å². The van der Waals surface area contributed by atoms with Crippen LogP contribution < -0.4 is 10.1 Å². The molecule has 0 atom stereocenters. The monoisotopic (exact) mass is 427 g/mol. The molecule has 0 fully saturated rings. The summed E-state index contributed by atoms with van der Waals surface area (Å²) in [6, 6.07) is 9.87. The fourth-order valence-corrected chi connectivity index (χ4v) is 2.61. The van der Waals surface area contributed by atoms with Crippen LogP contribution in [0.4, 0.5) is 10.1 Å². The van der Waals surface area contributed by atoms with Gasteiger partial charge in [0, 0.05) is 10.5 Å². The molecule has 0 heterocycles. The zero-order valence-corrected chi connectivity index (χ0v) is 14.7. The highest BCUT2D eigenvalue weighted by Crippen LogP contribution is 2.26. The van der Waals surface area contributed by atoms with E-state index in [1.165, 1.54) is 18.2 Å². The zero-order valence-electron chi connectivity index (χ0n) is 11.6. The quantitative estimate of drug-likeness (QED) is 0.695. The highest BCUT2D eigenvalue weighted by Gasteiger charge is 2.05. The maximum atomic E-state index is 13.6. The van der Waals surface area contributed by atoms with Crippen LogP contribution >= 0.6 is 31.9 Å². The van der Waals surface area contributed by atoms with E-state index in [0.29, 0.717) is 10.2 Å². The van der Waals surface area contributed by atoms with Crippen molar-refractivity contribution in [1.29, 1.82) is 0 Å². The van der Waals surface area contributed by atoms with Gasteiger partial charge in [-0.3, -0.25) is 4.79 Å². The lowest BCUT2D eigenvalue weighted by Crippen LogP contribution is -2.09. The summed E-state index contributed by atoms with van der Waals surface area (Å²) >= 11 is 6.53. The van der Waals surface area contributed by atoms with Crippen LogP contribution in [0.15, 0.2) is 51.4 Å². The van der Waals surface area contributed by atoms with Crippen LogP contribution in [0.2, 0.25) is 0 Å². The number of hydrogen-bond donors (Lipinski definition) is 1. The SMILES string of the molecule is COc1ccc(/C=C/C(=O)Nc2ccc(Br)cc2F)cc1Br. The van der Waals surface area contributed by atoms with Crippen molar-refractivity contribution in [1.82, 2.24) is 0 Å². The first kappa shape index (κ1) is 16.7. The van der Waals surface area contributed by atoms with Gasteiger partial charge in [-0.1, -0.05) is 22.0 Å². The number of hydrogen-bond acceptors (Lipinski definition) is 2. The summed E-state index contributed by atoms with van der Waals surface area (Å²) in [6.45, 7) is 0. The second-order valence-corrected chi connectivity index (χ2v) is 6.11. The first-order valence-electron chi connectivity index (χ1n) is 6.27. The normalized spacial score (nSPS) is 10.7. The average molecular weight is 429 g/mol. The van der Waals surface area contributed by atoms with Crippen molar-refractivity contribution in [2.75, 3.05) is 12.4 Å². The Morgan fingerprint density at radius 2 is 2.00 bits per heavy atom. The Morgan fingerprint density at radius 3 is 2.64 bits per heavy atom. The van der Waals surface area contributed by atoms with E-state index in [1.807, 2.05) is 12.1 Å². The molecule has 0 aliphatic heterocycles. The van der Waals surface area contributed by atoms with Crippen molar-refractivity contribution in [3.05, 3.63) is 62.8 Å². The lowest BCUT2D eigenvalue weighted by atomic mass is 10.2. The molecule has 1 amide bonds. The van der Waals surface area contributed by atoms with Gasteiger partial charge in [0.1, 0.15) is 11.6 Å². The minimum atomic E-state index is -0.497. The third kappa shape index (κ3) is 4.42. The third-order valence-corrected chi connectivity index (χ3v) is 3.90. The number of amides is 1. The van der Waals surface area contributed by atoms with E-state index in [0.717, 1.165) is 10.0 Å². The molecule has 0 bridgehead atoms. The number of rotatable bonds is 4. The van der Waals surface area contributed by atoms with Gasteiger partial charge in [-0.25, -0.2) is 4.39 Å². The van der Waals surface area contributed by atoms with E-state index in [2.05, 4.69) is 37.2 Å². The molecule has 1 N–H and O–H groups in total. The molecule has 0 spiro atoms. The summed E-state index contributed by atoms with van der Waals surface area (Å²) in [5, 5.41) is 2.49. The summed E-state index contributed by atoms with van der Waals surface area (Å²) in [7, 11) is 1.58. The van der Waals surface area contributed by atoms with Gasteiger partial charge in [0.05, 0.1) is 17.3 Å². The van der Waals surface area contributed by atoms with E-state index in [4.69, 9.17) is 4.74 Å². The average Bonchev–Trinajstić information content (AvgIpc) is 2.48. The van der Waals surface area contributed by atoms with Gasteiger partial charge in [-0.05, 0) is 57.9 Å². The summed E-state index contributed by atoms with van der Waals surface area (Å²) in [6.07, 6.45) is 2.98. The van der Waals surface area contributed by atoms with Crippen LogP contribution in [0.3, 0.4) is 0 Å². The smallest absolute Gasteiger partial charge is 0.248 e. The van der Waals surface area contributed by atoms with Crippen molar-refractivity contribution >= 4 is 49.5 Å². The molecule has 0 saturated carbocycles. The molecular formula is C16H12Br2FNO2. The topological polar surface area (TPSA) is 38.3 Å². The van der Waals surface area contributed by atoms with Crippen molar-refractivity contribution in [2.45, 2.75) is 0 Å². The van der Waals surface area contributed by atoms with Crippen LogP contribution in [-0.4, -0.2) is 13.0 Å². The Kier molecular flexibility index (Phi) is 5.74. The van der Waals surface area contributed by atoms with Crippen molar-refractivity contribution in [2.24, 2.45) is 0 Å². The Bertz CT molecular complexity index is 732. The van der Waals surface area contributed by atoms with E-state index >= 15 is 0 Å². The number of nitrogens with one attached hydrogen (secondary N) is 1. The Morgan fingerprint density at radius 1 is 1.23 bits per heavy atom. The Labute approximate surface area is 144 Å². The minimum absolute atomic E-state index is 0.133. The summed E-state index contributed by atoms with van der Waals surface area (Å²) < 4.78 is 20.2. The number of ether oxygens (including phenoxy) is 1. The maximum Gasteiger partial charge on any atom is 0.248 e. The molecule has 0 aliphatic carbocycles. The van der Waals surface area contributed by atoms with Gasteiger partial charge in [0.2, 0.25) is 5.91 Å². The van der Waals surface area contributed by atoms with Crippen molar-refractivity contribution in [3.8, 4) is 5.75 Å². The number of carbonyl (C=O) groups is 1. The van der Waals surface area contributed by atoms with E-state index in [1.54, 1.807) is 25.3 Å². The molecule has 0 saturated heterocycles. The summed E-state index contributed by atoms with van der Waals surface area (Å²) in [5.74, 6) is -0.199. The predicted octanol–water partition coefficient (Wildman–Crippen LogP) is 5.01. The summed E-state index contributed by atoms with van der Waals surface area (Å²) in [5.41, 5.74) is 0.952. The van der Waals surface area contributed by atoms with Gasteiger partial charge >= 0.3 is 0 Å². The van der Waals surface area contributed by atoms with Crippen LogP contribution in [0.5, 0.6) is 5.75 Å². The first-order valence-corrected chi connectivity index (χ1v) is 7.86. The highest BCUT2D eigenvalue weighted by atomic mass is 79.9. The van der Waals surface area contributed by atoms with Gasteiger partial charge < -0.3 is 10.1 Å². The zero-order chi connectivity index (χ0) is 16.1. The second kappa shape index (κ2) is 7.56. The van der Waals surface area contributed by atoms with Crippen LogP contribution in [0, 0.1) is 5.82 Å². The minimum Gasteiger partial charge on any atom is -0.496 e. The predicted molar refractivity (Wildman–Crippen MR) is 92.5 cm³/mol. The number of methoxy groups -OCH3 is 1. The largest absolute Gasteiger partial charge is 0.496 e. The van der Waals surface area contributed by atoms with Gasteiger partial charge in [-0.15, -0.1) is 0 Å². The molecule has 6 heteroatoms. The molecular weight excluding hydrogens is 417 g/mol. The van der Waals surface area contributed by atoms with Crippen molar-refractivity contribution in [3.63, 3.8) is 0 Å². The lowest BCUT2D eigenvalue weighted by molar-refractivity contribution is -0.111. The molecule has 2 rings (SSSR count). The van der Waals surface area contributed by atoms with Crippen LogP contribution in [0.1, 0.15) is 5.56 Å². The molecule has 3 nitrogen and oxygen atoms in total.